The Balaban J connectivity index is 1.82. The van der Waals surface area contributed by atoms with Crippen molar-refractivity contribution < 1.29 is 9.53 Å². The number of aliphatic imine (C=N–C) groups is 1. The zero-order valence-corrected chi connectivity index (χ0v) is 12.4. The van der Waals surface area contributed by atoms with E-state index in [0.29, 0.717) is 23.8 Å². The van der Waals surface area contributed by atoms with Crippen molar-refractivity contribution in [3.63, 3.8) is 0 Å². The predicted octanol–water partition coefficient (Wildman–Crippen LogP) is 1.54. The summed E-state index contributed by atoms with van der Waals surface area (Å²) in [6, 6.07) is 8.57. The molecule has 0 spiro atoms. The lowest BCUT2D eigenvalue weighted by atomic mass is 9.82. The Labute approximate surface area is 129 Å². The Morgan fingerprint density at radius 2 is 1.86 bits per heavy atom. The van der Waals surface area contributed by atoms with Gasteiger partial charge in [0, 0.05) is 6.54 Å². The molecule has 1 aromatic rings. The number of benzene rings is 1. The van der Waals surface area contributed by atoms with Gasteiger partial charge in [0.2, 0.25) is 0 Å². The number of nitrogens with zero attached hydrogens (tertiary/aromatic N) is 2. The van der Waals surface area contributed by atoms with Crippen LogP contribution in [0.25, 0.3) is 0 Å². The summed E-state index contributed by atoms with van der Waals surface area (Å²) in [7, 11) is 0. The van der Waals surface area contributed by atoms with Gasteiger partial charge in [0.1, 0.15) is 5.75 Å². The molecule has 1 saturated carbocycles. The van der Waals surface area contributed by atoms with Crippen molar-refractivity contribution in [2.24, 2.45) is 28.3 Å². The van der Waals surface area contributed by atoms with Gasteiger partial charge in [-0.25, -0.2) is 0 Å². The van der Waals surface area contributed by atoms with Gasteiger partial charge in [0.05, 0.1) is 17.6 Å². The summed E-state index contributed by atoms with van der Waals surface area (Å²) < 4.78 is 5.37. The Bertz CT molecular complexity index is 577. The molecule has 1 fully saturated rings. The van der Waals surface area contributed by atoms with E-state index in [9.17, 15) is 4.79 Å². The molecule has 0 radical (unpaired) electrons. The third-order valence-electron chi connectivity index (χ3n) is 3.91. The molecular weight excluding hydrogens is 280 g/mol. The minimum absolute atomic E-state index is 0.0777. The Morgan fingerprint density at radius 3 is 2.41 bits per heavy atom. The van der Waals surface area contributed by atoms with E-state index in [1.807, 2.05) is 6.07 Å². The molecule has 6 heteroatoms. The van der Waals surface area contributed by atoms with Gasteiger partial charge >= 0.3 is 5.97 Å². The number of ether oxygens (including phenoxy) is 1. The van der Waals surface area contributed by atoms with Crippen LogP contribution in [0, 0.1) is 23.2 Å². The Morgan fingerprint density at radius 1 is 1.23 bits per heavy atom. The predicted molar refractivity (Wildman–Crippen MR) is 82.9 cm³/mol. The van der Waals surface area contributed by atoms with Crippen molar-refractivity contribution >= 4 is 11.9 Å². The SMILES string of the molecule is N#Cc1ccc(OC(=O)C2CCC(CN=C(N)N)CC2)cc1. The topological polar surface area (TPSA) is 114 Å². The van der Waals surface area contributed by atoms with Gasteiger partial charge in [0.25, 0.3) is 0 Å². The van der Waals surface area contributed by atoms with Gasteiger partial charge < -0.3 is 16.2 Å². The number of nitriles is 1. The average Bonchev–Trinajstić information content (AvgIpc) is 2.54. The van der Waals surface area contributed by atoms with Crippen LogP contribution < -0.4 is 16.2 Å². The van der Waals surface area contributed by atoms with Crippen LogP contribution in [0.5, 0.6) is 5.75 Å². The minimum Gasteiger partial charge on any atom is -0.426 e. The van der Waals surface area contributed by atoms with Crippen molar-refractivity contribution in [3.05, 3.63) is 29.8 Å². The largest absolute Gasteiger partial charge is 0.426 e. The number of guanidine groups is 1. The monoisotopic (exact) mass is 300 g/mol. The molecule has 6 nitrogen and oxygen atoms in total. The fourth-order valence-corrected chi connectivity index (χ4v) is 2.61. The highest BCUT2D eigenvalue weighted by atomic mass is 16.5. The third kappa shape index (κ3) is 4.48. The van der Waals surface area contributed by atoms with E-state index >= 15 is 0 Å². The van der Waals surface area contributed by atoms with Gasteiger partial charge in [-0.15, -0.1) is 0 Å². The van der Waals surface area contributed by atoms with Gasteiger partial charge in [-0.2, -0.15) is 5.26 Å². The zero-order valence-electron chi connectivity index (χ0n) is 12.4. The highest BCUT2D eigenvalue weighted by Gasteiger charge is 2.27. The normalized spacial score (nSPS) is 20.7. The molecule has 2 rings (SSSR count). The molecule has 1 aromatic carbocycles. The first-order valence-electron chi connectivity index (χ1n) is 7.35. The molecule has 0 saturated heterocycles. The lowest BCUT2D eigenvalue weighted by Crippen LogP contribution is -2.28. The summed E-state index contributed by atoms with van der Waals surface area (Å²) in [5.74, 6) is 0.742. The van der Waals surface area contributed by atoms with Crippen LogP contribution >= 0.6 is 0 Å². The number of hydrogen-bond donors (Lipinski definition) is 2. The average molecular weight is 300 g/mol. The van der Waals surface area contributed by atoms with Crippen LogP contribution in [-0.4, -0.2) is 18.5 Å². The third-order valence-corrected chi connectivity index (χ3v) is 3.91. The van der Waals surface area contributed by atoms with E-state index in [-0.39, 0.29) is 17.8 Å². The summed E-state index contributed by atoms with van der Waals surface area (Å²) >= 11 is 0. The molecule has 1 aliphatic rings. The molecule has 1 aliphatic carbocycles. The first-order chi connectivity index (χ1) is 10.6. The van der Waals surface area contributed by atoms with Crippen molar-refractivity contribution in [2.45, 2.75) is 25.7 Å². The summed E-state index contributed by atoms with van der Waals surface area (Å²) in [5.41, 5.74) is 11.2. The Hall–Kier alpha value is -2.55. The maximum Gasteiger partial charge on any atom is 0.314 e. The molecule has 0 amide bonds. The number of hydrogen-bond acceptors (Lipinski definition) is 4. The quantitative estimate of drug-likeness (QED) is 0.379. The second-order valence-corrected chi connectivity index (χ2v) is 5.54. The highest BCUT2D eigenvalue weighted by Crippen LogP contribution is 2.30. The lowest BCUT2D eigenvalue weighted by Gasteiger charge is -2.26. The number of esters is 1. The molecule has 0 aromatic heterocycles. The van der Waals surface area contributed by atoms with Crippen LogP contribution in [0.2, 0.25) is 0 Å². The first kappa shape index (κ1) is 15.8. The van der Waals surface area contributed by atoms with Crippen LogP contribution in [0.3, 0.4) is 0 Å². The first-order valence-corrected chi connectivity index (χ1v) is 7.35. The molecule has 0 unspecified atom stereocenters. The molecule has 0 aliphatic heterocycles. The second-order valence-electron chi connectivity index (χ2n) is 5.54. The highest BCUT2D eigenvalue weighted by molar-refractivity contribution is 5.76. The lowest BCUT2D eigenvalue weighted by molar-refractivity contribution is -0.140. The van der Waals surface area contributed by atoms with E-state index in [2.05, 4.69) is 4.99 Å². The fourth-order valence-electron chi connectivity index (χ4n) is 2.61. The maximum absolute atomic E-state index is 12.1. The van der Waals surface area contributed by atoms with Crippen molar-refractivity contribution in [2.75, 3.05) is 6.54 Å². The van der Waals surface area contributed by atoms with E-state index in [0.717, 1.165) is 25.7 Å². The summed E-state index contributed by atoms with van der Waals surface area (Å²) in [4.78, 5) is 16.2. The molecular formula is C16H20N4O2. The van der Waals surface area contributed by atoms with Gasteiger partial charge in [-0.3, -0.25) is 9.79 Å². The van der Waals surface area contributed by atoms with E-state index < -0.39 is 0 Å². The number of rotatable bonds is 4. The zero-order chi connectivity index (χ0) is 15.9. The number of carbonyl (C=O) groups is 1. The second kappa shape index (κ2) is 7.46. The van der Waals surface area contributed by atoms with Crippen molar-refractivity contribution in [1.82, 2.24) is 0 Å². The molecule has 22 heavy (non-hydrogen) atoms. The van der Waals surface area contributed by atoms with Crippen LogP contribution in [0.4, 0.5) is 0 Å². The van der Waals surface area contributed by atoms with Crippen LogP contribution in [0.1, 0.15) is 31.2 Å². The van der Waals surface area contributed by atoms with Gasteiger partial charge in [0.15, 0.2) is 5.96 Å². The maximum atomic E-state index is 12.1. The number of nitrogens with two attached hydrogens (primary N) is 2. The molecule has 0 atom stereocenters. The molecule has 116 valence electrons. The van der Waals surface area contributed by atoms with Crippen molar-refractivity contribution in [1.29, 1.82) is 5.26 Å². The minimum atomic E-state index is -0.204. The van der Waals surface area contributed by atoms with E-state index in [1.54, 1.807) is 24.3 Å². The fraction of sp³-hybridized carbons (Fsp3) is 0.438. The van der Waals surface area contributed by atoms with Crippen LogP contribution in [0.15, 0.2) is 29.3 Å². The molecule has 0 heterocycles. The molecule has 0 bridgehead atoms. The smallest absolute Gasteiger partial charge is 0.314 e. The van der Waals surface area contributed by atoms with Gasteiger partial charge in [-0.05, 0) is 55.9 Å². The van der Waals surface area contributed by atoms with Crippen molar-refractivity contribution in [3.8, 4) is 11.8 Å². The number of carbonyl (C=O) groups excluding carboxylic acids is 1. The standard InChI is InChI=1S/C16H20N4O2/c17-9-11-3-7-14(8-4-11)22-15(21)13-5-1-12(2-6-13)10-20-16(18)19/h3-4,7-8,12-13H,1-2,5-6,10H2,(H4,18,19,20). The molecule has 4 N–H and O–H groups in total. The Kier molecular flexibility index (Phi) is 5.37. The summed E-state index contributed by atoms with van der Waals surface area (Å²) in [6.45, 7) is 0.625. The summed E-state index contributed by atoms with van der Waals surface area (Å²) in [6.07, 6.45) is 3.42. The van der Waals surface area contributed by atoms with Crippen LogP contribution in [-0.2, 0) is 4.79 Å². The van der Waals surface area contributed by atoms with E-state index in [4.69, 9.17) is 21.5 Å². The van der Waals surface area contributed by atoms with E-state index in [1.165, 1.54) is 0 Å². The van der Waals surface area contributed by atoms with Gasteiger partial charge in [-0.1, -0.05) is 0 Å². The summed E-state index contributed by atoms with van der Waals surface area (Å²) in [5, 5.41) is 8.73.